The number of benzene rings is 2. The van der Waals surface area contributed by atoms with Crippen molar-refractivity contribution in [2.24, 2.45) is 0 Å². The average Bonchev–Trinajstić information content (AvgIpc) is 2.57. The molecule has 0 aliphatic heterocycles. The molecule has 0 heterocycles. The minimum atomic E-state index is -4.91. The first-order chi connectivity index (χ1) is 13.2. The van der Waals surface area contributed by atoms with E-state index in [0.717, 1.165) is 36.4 Å². The summed E-state index contributed by atoms with van der Waals surface area (Å²) in [5.74, 6) is -2.02. The normalized spacial score (nSPS) is 18.8. The Labute approximate surface area is 164 Å². The van der Waals surface area contributed by atoms with Crippen molar-refractivity contribution in [3.8, 4) is 0 Å². The number of ketones is 1. The van der Waals surface area contributed by atoms with Gasteiger partial charge in [0, 0.05) is 16.5 Å². The second-order valence-electron chi connectivity index (χ2n) is 6.41. The Morgan fingerprint density at radius 1 is 0.793 bits per heavy atom. The van der Waals surface area contributed by atoms with E-state index in [2.05, 4.69) is 0 Å². The van der Waals surface area contributed by atoms with Crippen molar-refractivity contribution in [1.29, 1.82) is 0 Å². The molecule has 13 heteroatoms. The molecule has 0 radical (unpaired) electrons. The maximum atomic E-state index is 12.4. The zero-order valence-corrected chi connectivity index (χ0v) is 16.4. The van der Waals surface area contributed by atoms with Crippen molar-refractivity contribution in [3.05, 3.63) is 47.0 Å². The topological polar surface area (TPSA) is 180 Å². The molecule has 0 aromatic heterocycles. The lowest BCUT2D eigenvalue weighted by Gasteiger charge is -2.28. The maximum Gasteiger partial charge on any atom is 0.295 e. The first kappa shape index (κ1) is 19.9. The lowest BCUT2D eigenvalue weighted by molar-refractivity contribution is -0.115. The Morgan fingerprint density at radius 2 is 1.41 bits per heavy atom. The lowest BCUT2D eigenvalue weighted by atomic mass is 9.78. The molecule has 2 aromatic carbocycles. The third-order valence-electron chi connectivity index (χ3n) is 4.75. The standard InChI is InChI=1S/C16H10O10S3/c17-11-3-1-7-14(29(24,25)26)6-10-12(27(18,19)20)4-2-8-13(28(21,22)23)5-9(11)15(7)16(8)10/h1-6,9H,(H,18,19,20)(H,21,22,23)(H,24,25,26). The summed E-state index contributed by atoms with van der Waals surface area (Å²) in [5, 5.41) is -0.584. The Hall–Kier alpha value is -2.42. The zero-order chi connectivity index (χ0) is 21.5. The summed E-state index contributed by atoms with van der Waals surface area (Å²) in [6.45, 7) is 0. The highest BCUT2D eigenvalue weighted by Crippen LogP contribution is 2.47. The van der Waals surface area contributed by atoms with Crippen LogP contribution in [0.25, 0.3) is 21.8 Å². The van der Waals surface area contributed by atoms with Crippen LogP contribution in [0.1, 0.15) is 22.6 Å². The van der Waals surface area contributed by atoms with Crippen LogP contribution in [0.15, 0.2) is 40.1 Å². The molecule has 0 saturated carbocycles. The van der Waals surface area contributed by atoms with Crippen molar-refractivity contribution in [2.45, 2.75) is 15.7 Å². The second kappa shape index (κ2) is 5.81. The third-order valence-corrected chi connectivity index (χ3v) is 7.47. The molecule has 4 rings (SSSR count). The molecule has 0 saturated heterocycles. The van der Waals surface area contributed by atoms with E-state index >= 15 is 0 Å². The number of rotatable bonds is 3. The number of carbonyl (C=O) groups excluding carboxylic acids is 1. The molecule has 0 amide bonds. The van der Waals surface area contributed by atoms with Gasteiger partial charge in [-0.3, -0.25) is 18.5 Å². The Balaban J connectivity index is 2.36. The van der Waals surface area contributed by atoms with Gasteiger partial charge in [-0.25, -0.2) is 0 Å². The molecule has 0 spiro atoms. The van der Waals surface area contributed by atoms with Gasteiger partial charge in [-0.1, -0.05) is 6.07 Å². The van der Waals surface area contributed by atoms with Gasteiger partial charge in [-0.15, -0.1) is 0 Å². The molecular weight excluding hydrogens is 448 g/mol. The predicted octanol–water partition coefficient (Wildman–Crippen LogP) is 1.26. The van der Waals surface area contributed by atoms with E-state index in [1.165, 1.54) is 0 Å². The first-order valence-electron chi connectivity index (χ1n) is 7.71. The summed E-state index contributed by atoms with van der Waals surface area (Å²) in [6.07, 6.45) is 3.00. The number of carbonyl (C=O) groups is 1. The molecule has 3 N–H and O–H groups in total. The van der Waals surface area contributed by atoms with E-state index in [4.69, 9.17) is 0 Å². The van der Waals surface area contributed by atoms with Gasteiger partial charge in [0.15, 0.2) is 5.78 Å². The maximum absolute atomic E-state index is 12.4. The van der Waals surface area contributed by atoms with Crippen molar-refractivity contribution in [2.75, 3.05) is 0 Å². The average molecular weight is 458 g/mol. The molecule has 1 unspecified atom stereocenters. The Kier molecular flexibility index (Phi) is 3.98. The SMILES string of the molecule is O=C1C=Cc2c(S(=O)(=O)O)cc3c(S(=O)(=O)O)ccc4c3c2C1C=C4S(=O)(=O)O. The van der Waals surface area contributed by atoms with Crippen molar-refractivity contribution >= 4 is 57.9 Å². The number of hydrogen-bond acceptors (Lipinski definition) is 7. The van der Waals surface area contributed by atoms with Crippen LogP contribution in [0.4, 0.5) is 0 Å². The predicted molar refractivity (Wildman–Crippen MR) is 99.9 cm³/mol. The quantitative estimate of drug-likeness (QED) is 0.566. The summed E-state index contributed by atoms with van der Waals surface area (Å²) in [5.41, 5.74) is -0.383. The monoisotopic (exact) mass is 458 g/mol. The van der Waals surface area contributed by atoms with Gasteiger partial charge in [0.2, 0.25) is 0 Å². The van der Waals surface area contributed by atoms with E-state index in [0.29, 0.717) is 0 Å². The summed E-state index contributed by atoms with van der Waals surface area (Å²) >= 11 is 0. The van der Waals surface area contributed by atoms with Crippen molar-refractivity contribution in [3.63, 3.8) is 0 Å². The van der Waals surface area contributed by atoms with Crippen molar-refractivity contribution < 1.29 is 43.7 Å². The summed E-state index contributed by atoms with van der Waals surface area (Å²) < 4.78 is 99.9. The molecule has 0 fully saturated rings. The summed E-state index contributed by atoms with van der Waals surface area (Å²) in [4.78, 5) is 10.2. The largest absolute Gasteiger partial charge is 0.295 e. The van der Waals surface area contributed by atoms with E-state index in [1.807, 2.05) is 0 Å². The minimum Gasteiger partial charge on any atom is -0.294 e. The first-order valence-corrected chi connectivity index (χ1v) is 12.0. The van der Waals surface area contributed by atoms with Gasteiger partial charge in [0.25, 0.3) is 30.4 Å². The zero-order valence-electron chi connectivity index (χ0n) is 14.0. The van der Waals surface area contributed by atoms with Crippen LogP contribution in [0, 0.1) is 0 Å². The fourth-order valence-electron chi connectivity index (χ4n) is 3.69. The van der Waals surface area contributed by atoms with Crippen LogP contribution in [0.2, 0.25) is 0 Å². The van der Waals surface area contributed by atoms with Crippen LogP contribution < -0.4 is 0 Å². The highest BCUT2D eigenvalue weighted by molar-refractivity contribution is 7.95. The fourth-order valence-corrected chi connectivity index (χ4v) is 5.85. The van der Waals surface area contributed by atoms with Crippen molar-refractivity contribution in [1.82, 2.24) is 0 Å². The van der Waals surface area contributed by atoms with Gasteiger partial charge in [0.05, 0.1) is 10.8 Å². The highest BCUT2D eigenvalue weighted by Gasteiger charge is 2.38. The molecule has 2 aliphatic rings. The smallest absolute Gasteiger partial charge is 0.294 e. The van der Waals surface area contributed by atoms with E-state index in [9.17, 15) is 43.7 Å². The molecule has 152 valence electrons. The molecule has 10 nitrogen and oxygen atoms in total. The van der Waals surface area contributed by atoms with Crippen LogP contribution >= 0.6 is 0 Å². The summed E-state index contributed by atoms with van der Waals surface area (Å²) in [7, 11) is -14.7. The number of hydrogen-bond donors (Lipinski definition) is 3. The molecular formula is C16H10O10S3. The van der Waals surface area contributed by atoms with Crippen LogP contribution in [-0.2, 0) is 35.1 Å². The Morgan fingerprint density at radius 3 is 1.97 bits per heavy atom. The van der Waals surface area contributed by atoms with Crippen LogP contribution in [-0.4, -0.2) is 44.7 Å². The van der Waals surface area contributed by atoms with E-state index in [1.54, 1.807) is 0 Å². The van der Waals surface area contributed by atoms with Crippen LogP contribution in [0.5, 0.6) is 0 Å². The molecule has 2 aliphatic carbocycles. The van der Waals surface area contributed by atoms with Crippen LogP contribution in [0.3, 0.4) is 0 Å². The van der Waals surface area contributed by atoms with Gasteiger partial charge in [-0.05, 0) is 41.3 Å². The molecule has 2 aromatic rings. The second-order valence-corrected chi connectivity index (χ2v) is 10.6. The fraction of sp³-hybridized carbons (Fsp3) is 0.0625. The molecule has 0 bridgehead atoms. The molecule has 1 atom stereocenters. The minimum absolute atomic E-state index is 0.0597. The van der Waals surface area contributed by atoms with E-state index in [-0.39, 0.29) is 22.1 Å². The van der Waals surface area contributed by atoms with Gasteiger partial charge in [0.1, 0.15) is 9.79 Å². The molecule has 29 heavy (non-hydrogen) atoms. The van der Waals surface area contributed by atoms with E-state index < -0.39 is 62.1 Å². The lowest BCUT2D eigenvalue weighted by Crippen LogP contribution is -2.21. The summed E-state index contributed by atoms with van der Waals surface area (Å²) in [6, 6.07) is 2.60. The van der Waals surface area contributed by atoms with Gasteiger partial charge >= 0.3 is 0 Å². The Bertz CT molecular complexity index is 1530. The number of allylic oxidation sites excluding steroid dienone is 2. The third kappa shape index (κ3) is 2.94. The van der Waals surface area contributed by atoms with Gasteiger partial charge in [-0.2, -0.15) is 25.3 Å². The highest BCUT2D eigenvalue weighted by atomic mass is 32.2. The van der Waals surface area contributed by atoms with Gasteiger partial charge < -0.3 is 0 Å².